The Hall–Kier alpha value is -3.27. The lowest BCUT2D eigenvalue weighted by Crippen LogP contribution is -2.39. The molecule has 0 bridgehead atoms. The Morgan fingerprint density at radius 2 is 2.17 bits per heavy atom. The largest absolute Gasteiger partial charge is 0.454 e. The molecule has 9 nitrogen and oxygen atoms in total. The second kappa shape index (κ2) is 8.00. The van der Waals surface area contributed by atoms with E-state index in [2.05, 4.69) is 10.3 Å². The molecule has 0 saturated carbocycles. The zero-order valence-corrected chi connectivity index (χ0v) is 16.3. The number of benzene rings is 1. The van der Waals surface area contributed by atoms with Crippen molar-refractivity contribution in [3.63, 3.8) is 0 Å². The molecule has 1 aromatic carbocycles. The number of ether oxygens (including phenoxy) is 2. The summed E-state index contributed by atoms with van der Waals surface area (Å²) in [6.07, 6.45) is 6.49. The summed E-state index contributed by atoms with van der Waals surface area (Å²) in [6, 6.07) is 4.88. The van der Waals surface area contributed by atoms with E-state index in [-0.39, 0.29) is 36.9 Å². The molecule has 150 valence electrons. The zero-order valence-electron chi connectivity index (χ0n) is 15.5. The average Bonchev–Trinajstić information content (AvgIpc) is 3.44. The Balaban J connectivity index is 1.35. The first-order chi connectivity index (χ1) is 14.0. The molecule has 0 aliphatic carbocycles. The fourth-order valence-corrected chi connectivity index (χ4v) is 3.78. The summed E-state index contributed by atoms with van der Waals surface area (Å²) >= 11 is 0.874. The molecule has 1 fully saturated rings. The maximum absolute atomic E-state index is 12.6. The van der Waals surface area contributed by atoms with E-state index in [1.807, 2.05) is 0 Å². The number of amides is 3. The first kappa shape index (κ1) is 19.1. The van der Waals surface area contributed by atoms with Gasteiger partial charge in [0.15, 0.2) is 11.5 Å². The van der Waals surface area contributed by atoms with Crippen LogP contribution in [0.15, 0.2) is 41.8 Å². The van der Waals surface area contributed by atoms with Gasteiger partial charge in [-0.2, -0.15) is 0 Å². The number of aromatic nitrogens is 2. The van der Waals surface area contributed by atoms with Gasteiger partial charge in [0, 0.05) is 25.5 Å². The molecule has 1 atom stereocenters. The lowest BCUT2D eigenvalue weighted by molar-refractivity contribution is -0.125. The maximum Gasteiger partial charge on any atom is 0.293 e. The zero-order chi connectivity index (χ0) is 20.4. The third-order valence-electron chi connectivity index (χ3n) is 4.55. The molecule has 1 aromatic heterocycles. The number of nitrogens with zero attached hydrogens (tertiary/aromatic N) is 3. The van der Waals surface area contributed by atoms with Gasteiger partial charge < -0.3 is 19.4 Å². The SMILES string of the molecule is CC(C(=O)NCCN1C(=O)S/C(=C\c2ccc3c(c2)OCO3)C1=O)n1ccnc1. The Morgan fingerprint density at radius 3 is 2.97 bits per heavy atom. The van der Waals surface area contributed by atoms with Crippen molar-refractivity contribution >= 4 is 34.9 Å². The third kappa shape index (κ3) is 3.97. The predicted octanol–water partition coefficient (Wildman–Crippen LogP) is 2.03. The minimum Gasteiger partial charge on any atom is -0.454 e. The summed E-state index contributed by atoms with van der Waals surface area (Å²) in [5, 5.41) is 2.38. The number of thioether (sulfide) groups is 1. The van der Waals surface area contributed by atoms with E-state index in [9.17, 15) is 14.4 Å². The van der Waals surface area contributed by atoms with Crippen LogP contribution in [0.25, 0.3) is 6.08 Å². The number of nitrogens with one attached hydrogen (secondary N) is 1. The molecule has 1 unspecified atom stereocenters. The quantitative estimate of drug-likeness (QED) is 0.722. The van der Waals surface area contributed by atoms with Crippen LogP contribution in [0.3, 0.4) is 0 Å². The number of imide groups is 1. The highest BCUT2D eigenvalue weighted by molar-refractivity contribution is 8.18. The summed E-state index contributed by atoms with van der Waals surface area (Å²) in [5.74, 6) is 0.657. The van der Waals surface area contributed by atoms with E-state index in [4.69, 9.17) is 9.47 Å². The van der Waals surface area contributed by atoms with Crippen molar-refractivity contribution in [3.05, 3.63) is 47.4 Å². The van der Waals surface area contributed by atoms with Crippen LogP contribution in [-0.4, -0.2) is 51.4 Å². The molecule has 2 aliphatic heterocycles. The number of carbonyl (C=O) groups is 3. The van der Waals surface area contributed by atoms with Crippen LogP contribution in [0.1, 0.15) is 18.5 Å². The van der Waals surface area contributed by atoms with Gasteiger partial charge in [-0.05, 0) is 42.5 Å². The molecule has 29 heavy (non-hydrogen) atoms. The molecule has 3 heterocycles. The monoisotopic (exact) mass is 414 g/mol. The molecule has 1 saturated heterocycles. The molecule has 1 N–H and O–H groups in total. The fourth-order valence-electron chi connectivity index (χ4n) is 2.92. The van der Waals surface area contributed by atoms with E-state index < -0.39 is 6.04 Å². The van der Waals surface area contributed by atoms with Crippen LogP contribution in [0, 0.1) is 0 Å². The standard InChI is InChI=1S/C19H18N4O5S/c1-12(22-6-4-20-10-22)17(24)21-5-7-23-18(25)16(29-19(23)26)9-13-2-3-14-15(8-13)28-11-27-14/h2-4,6,8-10,12H,5,7,11H2,1H3,(H,21,24)/b16-9-. The Kier molecular flexibility index (Phi) is 5.26. The molecule has 10 heteroatoms. The lowest BCUT2D eigenvalue weighted by atomic mass is 10.2. The first-order valence-electron chi connectivity index (χ1n) is 8.93. The Morgan fingerprint density at radius 1 is 1.34 bits per heavy atom. The molecule has 0 radical (unpaired) electrons. The molecular weight excluding hydrogens is 396 g/mol. The molecule has 2 aromatic rings. The van der Waals surface area contributed by atoms with E-state index in [1.54, 1.807) is 54.5 Å². The number of fused-ring (bicyclic) bond motifs is 1. The van der Waals surface area contributed by atoms with Gasteiger partial charge in [-0.15, -0.1) is 0 Å². The Labute approximate surface area is 170 Å². The van der Waals surface area contributed by atoms with Gasteiger partial charge in [0.1, 0.15) is 6.04 Å². The molecule has 3 amide bonds. The van der Waals surface area contributed by atoms with Gasteiger partial charge in [-0.3, -0.25) is 19.3 Å². The van der Waals surface area contributed by atoms with Crippen molar-refractivity contribution in [1.29, 1.82) is 0 Å². The summed E-state index contributed by atoms with van der Waals surface area (Å²) in [5.41, 5.74) is 0.738. The van der Waals surface area contributed by atoms with Crippen molar-refractivity contribution in [2.24, 2.45) is 0 Å². The van der Waals surface area contributed by atoms with Crippen LogP contribution in [0.4, 0.5) is 4.79 Å². The topological polar surface area (TPSA) is 103 Å². The van der Waals surface area contributed by atoms with E-state index >= 15 is 0 Å². The number of imidazole rings is 1. The van der Waals surface area contributed by atoms with Gasteiger partial charge in [-0.25, -0.2) is 4.98 Å². The highest BCUT2D eigenvalue weighted by Crippen LogP contribution is 2.36. The van der Waals surface area contributed by atoms with Crippen molar-refractivity contribution in [3.8, 4) is 11.5 Å². The average molecular weight is 414 g/mol. The van der Waals surface area contributed by atoms with Crippen molar-refractivity contribution < 1.29 is 23.9 Å². The first-order valence-corrected chi connectivity index (χ1v) is 9.75. The number of hydrogen-bond donors (Lipinski definition) is 1. The van der Waals surface area contributed by atoms with Gasteiger partial charge in [0.25, 0.3) is 11.1 Å². The maximum atomic E-state index is 12.6. The van der Waals surface area contributed by atoms with Gasteiger partial charge in [0.05, 0.1) is 11.2 Å². The van der Waals surface area contributed by atoms with Crippen LogP contribution in [-0.2, 0) is 9.59 Å². The lowest BCUT2D eigenvalue weighted by Gasteiger charge is -2.16. The van der Waals surface area contributed by atoms with Crippen LogP contribution < -0.4 is 14.8 Å². The molecule has 2 aliphatic rings. The van der Waals surface area contributed by atoms with Crippen molar-refractivity contribution in [1.82, 2.24) is 19.8 Å². The van der Waals surface area contributed by atoms with Crippen LogP contribution in [0.2, 0.25) is 0 Å². The second-order valence-corrected chi connectivity index (χ2v) is 7.42. The fraction of sp³-hybridized carbons (Fsp3) is 0.263. The summed E-state index contributed by atoms with van der Waals surface area (Å²) in [7, 11) is 0. The number of rotatable bonds is 6. The third-order valence-corrected chi connectivity index (χ3v) is 5.46. The summed E-state index contributed by atoms with van der Waals surface area (Å²) in [4.78, 5) is 42.4. The van der Waals surface area contributed by atoms with E-state index in [0.29, 0.717) is 16.4 Å². The van der Waals surface area contributed by atoms with E-state index in [0.717, 1.165) is 22.2 Å². The Bertz CT molecular complexity index is 988. The van der Waals surface area contributed by atoms with Crippen LogP contribution >= 0.6 is 11.8 Å². The second-order valence-electron chi connectivity index (χ2n) is 6.42. The number of carbonyl (C=O) groups excluding carboxylic acids is 3. The highest BCUT2D eigenvalue weighted by atomic mass is 32.2. The van der Waals surface area contributed by atoms with Crippen molar-refractivity contribution in [2.75, 3.05) is 19.9 Å². The summed E-state index contributed by atoms with van der Waals surface area (Å²) in [6.45, 7) is 2.18. The van der Waals surface area contributed by atoms with Crippen molar-refractivity contribution in [2.45, 2.75) is 13.0 Å². The normalized spacial score (nSPS) is 17.8. The molecular formula is C19H18N4O5S. The number of hydrogen-bond acceptors (Lipinski definition) is 7. The smallest absolute Gasteiger partial charge is 0.293 e. The molecule has 4 rings (SSSR count). The van der Waals surface area contributed by atoms with Gasteiger partial charge >= 0.3 is 0 Å². The minimum atomic E-state index is -0.432. The van der Waals surface area contributed by atoms with E-state index in [1.165, 1.54) is 0 Å². The van der Waals surface area contributed by atoms with Crippen LogP contribution in [0.5, 0.6) is 11.5 Å². The highest BCUT2D eigenvalue weighted by Gasteiger charge is 2.34. The minimum absolute atomic E-state index is 0.103. The predicted molar refractivity (Wildman–Crippen MR) is 105 cm³/mol. The molecule has 0 spiro atoms. The van der Waals surface area contributed by atoms with Gasteiger partial charge in [-0.1, -0.05) is 6.07 Å². The summed E-state index contributed by atoms with van der Waals surface area (Å²) < 4.78 is 12.3. The van der Waals surface area contributed by atoms with Gasteiger partial charge in [0.2, 0.25) is 12.7 Å².